The van der Waals surface area contributed by atoms with Gasteiger partial charge in [0.05, 0.1) is 4.90 Å². The van der Waals surface area contributed by atoms with Crippen LogP contribution in [0.5, 0.6) is 0 Å². The molecule has 1 aromatic heterocycles. The number of sulfonamides is 1. The molecule has 0 fully saturated rings. The van der Waals surface area contributed by atoms with Crippen molar-refractivity contribution in [2.45, 2.75) is 4.90 Å². The van der Waals surface area contributed by atoms with Gasteiger partial charge in [-0.15, -0.1) is 0 Å². The van der Waals surface area contributed by atoms with Gasteiger partial charge in [-0.3, -0.25) is 0 Å². The molecule has 0 radical (unpaired) electrons. The number of hydrogen-bond acceptors (Lipinski definition) is 5. The molecular formula is C12H12N4O4S. The highest BCUT2D eigenvalue weighted by Gasteiger charge is 2.16. The summed E-state index contributed by atoms with van der Waals surface area (Å²) < 4.78 is 27.8. The third-order valence-electron chi connectivity index (χ3n) is 2.55. The number of carboxylic acid groups (broad SMARTS) is 1. The Hall–Kier alpha value is -2.68. The number of aromatic nitrogens is 3. The summed E-state index contributed by atoms with van der Waals surface area (Å²) in [6.07, 6.45) is 3.58. The summed E-state index contributed by atoms with van der Waals surface area (Å²) in [4.78, 5) is 14.2. The Kier molecular flexibility index (Phi) is 4.03. The fourth-order valence-electron chi connectivity index (χ4n) is 1.49. The van der Waals surface area contributed by atoms with E-state index in [1.54, 1.807) is 7.05 Å². The van der Waals surface area contributed by atoms with Crippen LogP contribution < -0.4 is 4.72 Å². The van der Waals surface area contributed by atoms with Gasteiger partial charge >= 0.3 is 5.97 Å². The van der Waals surface area contributed by atoms with Crippen molar-refractivity contribution in [1.29, 1.82) is 0 Å². The van der Waals surface area contributed by atoms with Crippen molar-refractivity contribution in [3.8, 4) is 0 Å². The van der Waals surface area contributed by atoms with E-state index in [9.17, 15) is 13.2 Å². The molecule has 0 atom stereocenters. The molecule has 1 aromatic carbocycles. The molecule has 2 aromatic rings. The smallest absolute Gasteiger partial charge is 0.328 e. The van der Waals surface area contributed by atoms with Gasteiger partial charge in [0.15, 0.2) is 0 Å². The third kappa shape index (κ3) is 3.66. The van der Waals surface area contributed by atoms with E-state index in [4.69, 9.17) is 5.11 Å². The second-order valence-corrected chi connectivity index (χ2v) is 5.74. The van der Waals surface area contributed by atoms with Crippen LogP contribution in [0.4, 0.5) is 5.95 Å². The molecule has 0 amide bonds. The summed E-state index contributed by atoms with van der Waals surface area (Å²) in [5, 5.41) is 12.3. The zero-order valence-electron chi connectivity index (χ0n) is 11.0. The van der Waals surface area contributed by atoms with E-state index >= 15 is 0 Å². The first-order chi connectivity index (χ1) is 9.88. The second-order valence-electron chi connectivity index (χ2n) is 4.05. The minimum absolute atomic E-state index is 0.0398. The summed E-state index contributed by atoms with van der Waals surface area (Å²) in [7, 11) is -2.21. The Labute approximate surface area is 120 Å². The fraction of sp³-hybridized carbons (Fsp3) is 0.0833. The van der Waals surface area contributed by atoms with Crippen LogP contribution in [0.1, 0.15) is 5.56 Å². The summed E-state index contributed by atoms with van der Waals surface area (Å²) in [5.74, 6) is -0.972. The maximum absolute atomic E-state index is 12.1. The Bertz CT molecular complexity index is 778. The predicted molar refractivity (Wildman–Crippen MR) is 74.9 cm³/mol. The molecule has 0 bridgehead atoms. The molecule has 1 heterocycles. The highest BCUT2D eigenvalue weighted by molar-refractivity contribution is 7.92. The number of nitrogens with one attached hydrogen (secondary N) is 1. The molecular weight excluding hydrogens is 296 g/mol. The molecule has 21 heavy (non-hydrogen) atoms. The van der Waals surface area contributed by atoms with Gasteiger partial charge in [-0.1, -0.05) is 12.1 Å². The van der Waals surface area contributed by atoms with Crippen LogP contribution in [0.2, 0.25) is 0 Å². The molecule has 0 aliphatic rings. The van der Waals surface area contributed by atoms with E-state index in [0.717, 1.165) is 6.08 Å². The Morgan fingerprint density at radius 2 is 2.00 bits per heavy atom. The lowest BCUT2D eigenvalue weighted by Crippen LogP contribution is -2.16. The molecule has 0 unspecified atom stereocenters. The van der Waals surface area contributed by atoms with E-state index in [0.29, 0.717) is 5.56 Å². The third-order valence-corrected chi connectivity index (χ3v) is 3.89. The minimum atomic E-state index is -3.77. The van der Waals surface area contributed by atoms with Crippen molar-refractivity contribution in [2.75, 3.05) is 4.72 Å². The van der Waals surface area contributed by atoms with Gasteiger partial charge in [-0.05, 0) is 23.8 Å². The van der Waals surface area contributed by atoms with Gasteiger partial charge in [0, 0.05) is 13.1 Å². The van der Waals surface area contributed by atoms with Gasteiger partial charge in [0.25, 0.3) is 10.0 Å². The number of hydrogen-bond donors (Lipinski definition) is 2. The topological polar surface area (TPSA) is 114 Å². The maximum atomic E-state index is 12.1. The number of rotatable bonds is 5. The normalized spacial score (nSPS) is 11.7. The first-order valence-corrected chi connectivity index (χ1v) is 7.25. The number of benzene rings is 1. The number of aryl methyl sites for hydroxylation is 1. The summed E-state index contributed by atoms with van der Waals surface area (Å²) >= 11 is 0. The van der Waals surface area contributed by atoms with Crippen molar-refractivity contribution in [1.82, 2.24) is 14.8 Å². The van der Waals surface area contributed by atoms with E-state index < -0.39 is 16.0 Å². The number of aliphatic carboxylic acids is 1. The van der Waals surface area contributed by atoms with Crippen LogP contribution in [-0.2, 0) is 21.9 Å². The van der Waals surface area contributed by atoms with Crippen molar-refractivity contribution >= 4 is 28.0 Å². The first-order valence-electron chi connectivity index (χ1n) is 5.76. The fourth-order valence-corrected chi connectivity index (χ4v) is 2.53. The summed E-state index contributed by atoms with van der Waals surface area (Å²) in [6.45, 7) is 0. The Balaban J connectivity index is 2.21. The lowest BCUT2D eigenvalue weighted by molar-refractivity contribution is -0.131. The van der Waals surface area contributed by atoms with Crippen LogP contribution >= 0.6 is 0 Å². The zero-order valence-corrected chi connectivity index (χ0v) is 11.8. The average Bonchev–Trinajstić information content (AvgIpc) is 2.82. The SMILES string of the molecule is Cn1ncnc1NS(=O)(=O)c1ccc(/C=C/C(=O)O)cc1. The predicted octanol–water partition coefficient (Wildman–Crippen LogP) is 0.714. The molecule has 2 N–H and O–H groups in total. The number of carbonyl (C=O) groups is 1. The van der Waals surface area contributed by atoms with E-state index in [2.05, 4.69) is 14.8 Å². The van der Waals surface area contributed by atoms with Gasteiger partial charge in [0.1, 0.15) is 6.33 Å². The van der Waals surface area contributed by atoms with Crippen molar-refractivity contribution in [3.05, 3.63) is 42.2 Å². The first kappa shape index (κ1) is 14.7. The second kappa shape index (κ2) is 5.75. The van der Waals surface area contributed by atoms with Crippen molar-refractivity contribution < 1.29 is 18.3 Å². The number of carboxylic acids is 1. The molecule has 110 valence electrons. The average molecular weight is 308 g/mol. The maximum Gasteiger partial charge on any atom is 0.328 e. The van der Waals surface area contributed by atoms with E-state index in [1.165, 1.54) is 41.4 Å². The minimum Gasteiger partial charge on any atom is -0.478 e. The van der Waals surface area contributed by atoms with Crippen LogP contribution in [0.15, 0.2) is 41.6 Å². The number of nitrogens with zero attached hydrogens (tertiary/aromatic N) is 3. The monoisotopic (exact) mass is 308 g/mol. The largest absolute Gasteiger partial charge is 0.478 e. The van der Waals surface area contributed by atoms with Crippen LogP contribution in [0.25, 0.3) is 6.08 Å². The standard InChI is InChI=1S/C12H12N4O4S/c1-16-12(13-8-14-16)15-21(19,20)10-5-2-9(3-6-10)4-7-11(17)18/h2-8H,1H3,(H,17,18)(H,13,14,15)/b7-4+. The lowest BCUT2D eigenvalue weighted by Gasteiger charge is -2.06. The van der Waals surface area contributed by atoms with E-state index in [-0.39, 0.29) is 10.8 Å². The molecule has 0 spiro atoms. The van der Waals surface area contributed by atoms with Gasteiger partial charge in [-0.25, -0.2) is 22.6 Å². The zero-order chi connectivity index (χ0) is 15.5. The number of anilines is 1. The molecule has 0 aliphatic heterocycles. The van der Waals surface area contributed by atoms with Crippen LogP contribution in [-0.4, -0.2) is 34.3 Å². The quantitative estimate of drug-likeness (QED) is 0.786. The van der Waals surface area contributed by atoms with Gasteiger partial charge in [0.2, 0.25) is 5.95 Å². The van der Waals surface area contributed by atoms with Gasteiger partial charge in [-0.2, -0.15) is 10.1 Å². The highest BCUT2D eigenvalue weighted by Crippen LogP contribution is 2.15. The molecule has 2 rings (SSSR count). The summed E-state index contributed by atoms with van der Waals surface area (Å²) in [6, 6.07) is 5.76. The lowest BCUT2D eigenvalue weighted by atomic mass is 10.2. The van der Waals surface area contributed by atoms with Crippen molar-refractivity contribution in [2.24, 2.45) is 7.05 Å². The highest BCUT2D eigenvalue weighted by atomic mass is 32.2. The Morgan fingerprint density at radius 3 is 2.52 bits per heavy atom. The molecule has 8 nitrogen and oxygen atoms in total. The van der Waals surface area contributed by atoms with Crippen molar-refractivity contribution in [3.63, 3.8) is 0 Å². The summed E-state index contributed by atoms with van der Waals surface area (Å²) in [5.41, 5.74) is 0.579. The Morgan fingerprint density at radius 1 is 1.33 bits per heavy atom. The van der Waals surface area contributed by atoms with E-state index in [1.807, 2.05) is 0 Å². The molecule has 0 saturated heterocycles. The van der Waals surface area contributed by atoms with Crippen LogP contribution in [0.3, 0.4) is 0 Å². The van der Waals surface area contributed by atoms with Gasteiger partial charge < -0.3 is 5.11 Å². The molecule has 0 aliphatic carbocycles. The molecule has 9 heteroatoms. The molecule has 0 saturated carbocycles. The van der Waals surface area contributed by atoms with Crippen LogP contribution in [0, 0.1) is 0 Å².